The van der Waals surface area contributed by atoms with Crippen molar-refractivity contribution in [3.05, 3.63) is 54.1 Å². The van der Waals surface area contributed by atoms with Gasteiger partial charge in [0.2, 0.25) is 0 Å². The minimum atomic E-state index is 0.396. The minimum Gasteiger partial charge on any atom is -0.497 e. The number of hydrogen-bond acceptors (Lipinski definition) is 3. The van der Waals surface area contributed by atoms with Gasteiger partial charge >= 0.3 is 0 Å². The molecule has 0 amide bonds. The van der Waals surface area contributed by atoms with Gasteiger partial charge in [-0.1, -0.05) is 12.1 Å². The van der Waals surface area contributed by atoms with Crippen molar-refractivity contribution in [2.75, 3.05) is 7.11 Å². The lowest BCUT2D eigenvalue weighted by Gasteiger charge is -2.08. The van der Waals surface area contributed by atoms with Crippen molar-refractivity contribution in [3.8, 4) is 5.75 Å². The SMILES string of the molecule is COc1cccc(CCn2c(CCl)nc3cnccc32)c1. The Kier molecular flexibility index (Phi) is 4.06. The van der Waals surface area contributed by atoms with Crippen LogP contribution in [0.25, 0.3) is 11.0 Å². The second-order valence-corrected chi connectivity index (χ2v) is 5.05. The zero-order chi connectivity index (χ0) is 14.7. The van der Waals surface area contributed by atoms with E-state index in [1.54, 1.807) is 19.5 Å². The fourth-order valence-electron chi connectivity index (χ4n) is 2.45. The molecule has 0 radical (unpaired) electrons. The molecule has 0 bridgehead atoms. The predicted octanol–water partition coefficient (Wildman–Crippen LogP) is 3.42. The summed E-state index contributed by atoms with van der Waals surface area (Å²) >= 11 is 6.01. The van der Waals surface area contributed by atoms with Crippen LogP contribution in [0.3, 0.4) is 0 Å². The van der Waals surface area contributed by atoms with E-state index in [1.165, 1.54) is 5.56 Å². The molecule has 0 fully saturated rings. The third-order valence-electron chi connectivity index (χ3n) is 3.51. The Bertz CT molecular complexity index is 754. The number of aryl methyl sites for hydroxylation is 2. The van der Waals surface area contributed by atoms with Crippen LogP contribution in [0.4, 0.5) is 0 Å². The molecule has 0 atom stereocenters. The van der Waals surface area contributed by atoms with Crippen LogP contribution in [-0.4, -0.2) is 21.6 Å². The predicted molar refractivity (Wildman–Crippen MR) is 83.8 cm³/mol. The summed E-state index contributed by atoms with van der Waals surface area (Å²) in [5.41, 5.74) is 3.19. The van der Waals surface area contributed by atoms with E-state index in [0.717, 1.165) is 35.6 Å². The number of alkyl halides is 1. The average Bonchev–Trinajstić information content (AvgIpc) is 2.91. The van der Waals surface area contributed by atoms with E-state index in [4.69, 9.17) is 16.3 Å². The first-order valence-corrected chi connectivity index (χ1v) is 7.33. The topological polar surface area (TPSA) is 39.9 Å². The molecule has 3 rings (SSSR count). The van der Waals surface area contributed by atoms with Crippen molar-refractivity contribution < 1.29 is 4.74 Å². The molecular formula is C16H16ClN3O. The summed E-state index contributed by atoms with van der Waals surface area (Å²) in [5, 5.41) is 0. The van der Waals surface area contributed by atoms with Crippen LogP contribution >= 0.6 is 11.6 Å². The maximum Gasteiger partial charge on any atom is 0.124 e. The van der Waals surface area contributed by atoms with Gasteiger partial charge in [-0.05, 0) is 30.2 Å². The molecule has 4 nitrogen and oxygen atoms in total. The van der Waals surface area contributed by atoms with Gasteiger partial charge in [0.25, 0.3) is 0 Å². The Balaban J connectivity index is 1.87. The summed E-state index contributed by atoms with van der Waals surface area (Å²) in [4.78, 5) is 8.63. The lowest BCUT2D eigenvalue weighted by Crippen LogP contribution is -2.05. The summed E-state index contributed by atoms with van der Waals surface area (Å²) in [6.45, 7) is 0.829. The number of nitrogens with zero attached hydrogens (tertiary/aromatic N) is 3. The molecule has 0 aliphatic rings. The number of pyridine rings is 1. The summed E-state index contributed by atoms with van der Waals surface area (Å²) in [6, 6.07) is 10.1. The Morgan fingerprint density at radius 2 is 2.19 bits per heavy atom. The molecule has 0 aliphatic heterocycles. The second kappa shape index (κ2) is 6.14. The van der Waals surface area contributed by atoms with E-state index in [0.29, 0.717) is 5.88 Å². The maximum absolute atomic E-state index is 6.01. The third-order valence-corrected chi connectivity index (χ3v) is 3.75. The Morgan fingerprint density at radius 1 is 1.29 bits per heavy atom. The first-order chi connectivity index (χ1) is 10.3. The Morgan fingerprint density at radius 3 is 3.00 bits per heavy atom. The first-order valence-electron chi connectivity index (χ1n) is 6.80. The van der Waals surface area contributed by atoms with Crippen molar-refractivity contribution in [3.63, 3.8) is 0 Å². The molecule has 3 aromatic rings. The summed E-state index contributed by atoms with van der Waals surface area (Å²) in [6.07, 6.45) is 4.45. The monoisotopic (exact) mass is 301 g/mol. The fourth-order valence-corrected chi connectivity index (χ4v) is 2.66. The molecule has 5 heteroatoms. The zero-order valence-corrected chi connectivity index (χ0v) is 12.5. The van der Waals surface area contributed by atoms with Crippen LogP contribution in [0.5, 0.6) is 5.75 Å². The number of halogens is 1. The normalized spacial score (nSPS) is 11.0. The van der Waals surface area contributed by atoms with Crippen molar-refractivity contribution in [2.45, 2.75) is 18.8 Å². The van der Waals surface area contributed by atoms with Crippen molar-refractivity contribution >= 4 is 22.6 Å². The smallest absolute Gasteiger partial charge is 0.124 e. The Labute approximate surface area is 128 Å². The largest absolute Gasteiger partial charge is 0.497 e. The number of hydrogen-bond donors (Lipinski definition) is 0. The van der Waals surface area contributed by atoms with Gasteiger partial charge < -0.3 is 9.30 Å². The summed E-state index contributed by atoms with van der Waals surface area (Å²) in [7, 11) is 1.68. The highest BCUT2D eigenvalue weighted by atomic mass is 35.5. The van der Waals surface area contributed by atoms with Gasteiger partial charge in [-0.25, -0.2) is 4.98 Å². The molecule has 2 heterocycles. The minimum absolute atomic E-state index is 0.396. The molecule has 21 heavy (non-hydrogen) atoms. The molecule has 0 saturated carbocycles. The molecule has 0 unspecified atom stereocenters. The van der Waals surface area contributed by atoms with E-state index in [2.05, 4.69) is 26.7 Å². The number of fused-ring (bicyclic) bond motifs is 1. The van der Waals surface area contributed by atoms with E-state index in [-0.39, 0.29) is 0 Å². The number of ether oxygens (including phenoxy) is 1. The molecule has 0 N–H and O–H groups in total. The number of imidazole rings is 1. The van der Waals surface area contributed by atoms with Gasteiger partial charge in [-0.2, -0.15) is 0 Å². The van der Waals surface area contributed by atoms with Crippen molar-refractivity contribution in [1.82, 2.24) is 14.5 Å². The zero-order valence-electron chi connectivity index (χ0n) is 11.8. The number of rotatable bonds is 5. The summed E-state index contributed by atoms with van der Waals surface area (Å²) < 4.78 is 7.41. The lowest BCUT2D eigenvalue weighted by atomic mass is 10.1. The maximum atomic E-state index is 6.01. The average molecular weight is 302 g/mol. The quantitative estimate of drug-likeness (QED) is 0.678. The summed E-state index contributed by atoms with van der Waals surface area (Å²) in [5.74, 6) is 2.15. The van der Waals surface area contributed by atoms with Crippen LogP contribution in [0.15, 0.2) is 42.7 Å². The van der Waals surface area contributed by atoms with Gasteiger partial charge in [-0.15, -0.1) is 11.6 Å². The van der Waals surface area contributed by atoms with Gasteiger partial charge in [0.15, 0.2) is 0 Å². The van der Waals surface area contributed by atoms with Crippen LogP contribution in [0.1, 0.15) is 11.4 Å². The third kappa shape index (κ3) is 2.85. The van der Waals surface area contributed by atoms with E-state index in [9.17, 15) is 0 Å². The number of benzene rings is 1. The van der Waals surface area contributed by atoms with Gasteiger partial charge in [0.1, 0.15) is 17.1 Å². The number of methoxy groups -OCH3 is 1. The highest BCUT2D eigenvalue weighted by molar-refractivity contribution is 6.16. The van der Waals surface area contributed by atoms with Crippen molar-refractivity contribution in [2.24, 2.45) is 0 Å². The first kappa shape index (κ1) is 13.9. The van der Waals surface area contributed by atoms with Crippen LogP contribution in [0.2, 0.25) is 0 Å². The molecule has 1 aromatic carbocycles. The molecule has 0 aliphatic carbocycles. The molecule has 108 valence electrons. The number of aromatic nitrogens is 3. The molecule has 2 aromatic heterocycles. The standard InChI is InChI=1S/C16H16ClN3O/c1-21-13-4-2-3-12(9-13)6-8-20-15-5-7-18-11-14(15)19-16(20)10-17/h2-5,7,9,11H,6,8,10H2,1H3. The van der Waals surface area contributed by atoms with E-state index < -0.39 is 0 Å². The molecular weight excluding hydrogens is 286 g/mol. The Hall–Kier alpha value is -2.07. The molecule has 0 spiro atoms. The van der Waals surface area contributed by atoms with Gasteiger partial charge in [-0.3, -0.25) is 4.98 Å². The lowest BCUT2D eigenvalue weighted by molar-refractivity contribution is 0.414. The van der Waals surface area contributed by atoms with Gasteiger partial charge in [0.05, 0.1) is 24.7 Å². The van der Waals surface area contributed by atoms with E-state index >= 15 is 0 Å². The van der Waals surface area contributed by atoms with E-state index in [1.807, 2.05) is 18.2 Å². The highest BCUT2D eigenvalue weighted by Crippen LogP contribution is 2.18. The van der Waals surface area contributed by atoms with Crippen molar-refractivity contribution in [1.29, 1.82) is 0 Å². The van der Waals surface area contributed by atoms with Crippen LogP contribution in [-0.2, 0) is 18.8 Å². The highest BCUT2D eigenvalue weighted by Gasteiger charge is 2.09. The van der Waals surface area contributed by atoms with Crippen LogP contribution in [0, 0.1) is 0 Å². The molecule has 0 saturated heterocycles. The van der Waals surface area contributed by atoms with Gasteiger partial charge in [0, 0.05) is 12.7 Å². The second-order valence-electron chi connectivity index (χ2n) is 4.78. The fraction of sp³-hybridized carbons (Fsp3) is 0.250. The van der Waals surface area contributed by atoms with Crippen LogP contribution < -0.4 is 4.74 Å².